The molecule has 0 N–H and O–H groups in total. The molecular formula is C19H27N3O3S. The molecule has 142 valence electrons. The fourth-order valence-corrected chi connectivity index (χ4v) is 5.32. The van der Waals surface area contributed by atoms with Crippen LogP contribution in [0.2, 0.25) is 0 Å². The van der Waals surface area contributed by atoms with Gasteiger partial charge < -0.3 is 9.30 Å². The molecule has 1 aromatic carbocycles. The molecule has 1 aromatic heterocycles. The van der Waals surface area contributed by atoms with Crippen LogP contribution in [0.3, 0.4) is 0 Å². The molecule has 2 heterocycles. The van der Waals surface area contributed by atoms with E-state index in [0.29, 0.717) is 32.8 Å². The van der Waals surface area contributed by atoms with E-state index in [4.69, 9.17) is 4.74 Å². The monoisotopic (exact) mass is 377 g/mol. The van der Waals surface area contributed by atoms with Crippen molar-refractivity contribution in [2.75, 3.05) is 26.2 Å². The first-order valence-corrected chi connectivity index (χ1v) is 10.6. The van der Waals surface area contributed by atoms with Crippen molar-refractivity contribution in [1.82, 2.24) is 13.2 Å². The topological polar surface area (TPSA) is 54.8 Å². The van der Waals surface area contributed by atoms with Gasteiger partial charge in [0.05, 0.1) is 12.6 Å². The Morgan fingerprint density at radius 3 is 2.38 bits per heavy atom. The van der Waals surface area contributed by atoms with E-state index >= 15 is 0 Å². The zero-order valence-electron chi connectivity index (χ0n) is 15.6. The lowest BCUT2D eigenvalue weighted by Gasteiger charge is -2.38. The van der Waals surface area contributed by atoms with E-state index in [-0.39, 0.29) is 6.04 Å². The van der Waals surface area contributed by atoms with Crippen LogP contribution in [0.25, 0.3) is 0 Å². The van der Waals surface area contributed by atoms with Crippen molar-refractivity contribution < 1.29 is 13.2 Å². The summed E-state index contributed by atoms with van der Waals surface area (Å²) in [6, 6.07) is 11.4. The summed E-state index contributed by atoms with van der Waals surface area (Å²) in [6.45, 7) is 8.35. The molecule has 0 fully saturated rings. The number of ether oxygens (including phenoxy) is 1. The third kappa shape index (κ3) is 3.39. The number of hydrogen-bond acceptors (Lipinski definition) is 3. The van der Waals surface area contributed by atoms with E-state index in [1.807, 2.05) is 63.4 Å². The Bertz CT molecular complexity index is 826. The molecule has 0 aliphatic carbocycles. The Labute approximate surface area is 156 Å². The molecule has 0 saturated carbocycles. The highest BCUT2D eigenvalue weighted by Crippen LogP contribution is 2.35. The van der Waals surface area contributed by atoms with Gasteiger partial charge in [-0.3, -0.25) is 0 Å². The van der Waals surface area contributed by atoms with Crippen molar-refractivity contribution in [3.8, 4) is 5.75 Å². The lowest BCUT2D eigenvalue weighted by molar-refractivity contribution is 0.271. The first-order chi connectivity index (χ1) is 12.5. The van der Waals surface area contributed by atoms with Crippen molar-refractivity contribution >= 4 is 10.2 Å². The van der Waals surface area contributed by atoms with Crippen LogP contribution >= 0.6 is 0 Å². The average molecular weight is 378 g/mol. The molecular weight excluding hydrogens is 350 g/mol. The van der Waals surface area contributed by atoms with Crippen molar-refractivity contribution in [2.45, 2.75) is 33.4 Å². The molecule has 26 heavy (non-hydrogen) atoms. The minimum atomic E-state index is -3.54. The van der Waals surface area contributed by atoms with Crippen molar-refractivity contribution in [2.24, 2.45) is 0 Å². The van der Waals surface area contributed by atoms with Gasteiger partial charge in [0.2, 0.25) is 0 Å². The fourth-order valence-electron chi connectivity index (χ4n) is 3.56. The molecule has 0 amide bonds. The largest absolute Gasteiger partial charge is 0.494 e. The highest BCUT2D eigenvalue weighted by Gasteiger charge is 2.39. The minimum absolute atomic E-state index is 0.333. The summed E-state index contributed by atoms with van der Waals surface area (Å²) in [4.78, 5) is 0. The van der Waals surface area contributed by atoms with Gasteiger partial charge in [0.1, 0.15) is 5.75 Å². The summed E-state index contributed by atoms with van der Waals surface area (Å²) in [5, 5.41) is 0. The number of rotatable bonds is 7. The molecule has 7 heteroatoms. The van der Waals surface area contributed by atoms with E-state index in [1.54, 1.807) is 4.31 Å². The van der Waals surface area contributed by atoms with Crippen molar-refractivity contribution in [3.63, 3.8) is 0 Å². The molecule has 1 atom stereocenters. The third-order valence-electron chi connectivity index (χ3n) is 4.83. The molecule has 0 bridgehead atoms. The summed E-state index contributed by atoms with van der Waals surface area (Å²) in [5.74, 6) is 0.792. The summed E-state index contributed by atoms with van der Waals surface area (Å²) >= 11 is 0. The normalized spacial score (nSPS) is 18.1. The van der Waals surface area contributed by atoms with Gasteiger partial charge in [0.25, 0.3) is 10.2 Å². The fraction of sp³-hybridized carbons (Fsp3) is 0.474. The Kier molecular flexibility index (Phi) is 5.70. The van der Waals surface area contributed by atoms with E-state index in [2.05, 4.69) is 4.57 Å². The van der Waals surface area contributed by atoms with E-state index in [0.717, 1.165) is 17.0 Å². The second-order valence-corrected chi connectivity index (χ2v) is 8.11. The zero-order valence-corrected chi connectivity index (χ0v) is 16.4. The van der Waals surface area contributed by atoms with Crippen LogP contribution in [0.4, 0.5) is 0 Å². The van der Waals surface area contributed by atoms with Gasteiger partial charge in [-0.15, -0.1) is 0 Å². The maximum atomic E-state index is 13.3. The van der Waals surface area contributed by atoms with E-state index in [9.17, 15) is 8.42 Å². The molecule has 1 aliphatic rings. The van der Waals surface area contributed by atoms with Crippen LogP contribution in [0.5, 0.6) is 5.75 Å². The lowest BCUT2D eigenvalue weighted by Crippen LogP contribution is -2.49. The van der Waals surface area contributed by atoms with Gasteiger partial charge in [-0.25, -0.2) is 0 Å². The molecule has 6 nitrogen and oxygen atoms in total. The predicted molar refractivity (Wildman–Crippen MR) is 102 cm³/mol. The second kappa shape index (κ2) is 7.82. The quantitative estimate of drug-likeness (QED) is 0.746. The summed E-state index contributed by atoms with van der Waals surface area (Å²) in [7, 11) is -3.54. The van der Waals surface area contributed by atoms with Gasteiger partial charge in [-0.2, -0.15) is 17.0 Å². The number of benzene rings is 1. The Balaban J connectivity index is 2.04. The van der Waals surface area contributed by atoms with Gasteiger partial charge in [-0.05, 0) is 36.8 Å². The minimum Gasteiger partial charge on any atom is -0.494 e. The third-order valence-corrected chi connectivity index (χ3v) is 6.98. The summed E-state index contributed by atoms with van der Waals surface area (Å²) in [5.41, 5.74) is 1.94. The Morgan fingerprint density at radius 2 is 1.77 bits per heavy atom. The van der Waals surface area contributed by atoms with Crippen LogP contribution in [-0.4, -0.2) is 47.8 Å². The van der Waals surface area contributed by atoms with Gasteiger partial charge in [0.15, 0.2) is 0 Å². The molecule has 0 saturated heterocycles. The van der Waals surface area contributed by atoms with Crippen molar-refractivity contribution in [3.05, 3.63) is 53.9 Å². The molecule has 0 spiro atoms. The van der Waals surface area contributed by atoms with Crippen LogP contribution in [-0.2, 0) is 16.8 Å². The van der Waals surface area contributed by atoms with Crippen LogP contribution in [0.1, 0.15) is 38.1 Å². The highest BCUT2D eigenvalue weighted by atomic mass is 32.2. The molecule has 1 aliphatic heterocycles. The highest BCUT2D eigenvalue weighted by molar-refractivity contribution is 7.86. The van der Waals surface area contributed by atoms with E-state index in [1.165, 1.54) is 4.31 Å². The summed E-state index contributed by atoms with van der Waals surface area (Å²) in [6.07, 6.45) is 2.01. The average Bonchev–Trinajstić information content (AvgIpc) is 3.11. The number of aromatic nitrogens is 1. The molecule has 3 rings (SSSR count). The maximum absolute atomic E-state index is 13.3. The Hall–Kier alpha value is -1.83. The van der Waals surface area contributed by atoms with Crippen molar-refractivity contribution in [1.29, 1.82) is 0 Å². The van der Waals surface area contributed by atoms with Crippen LogP contribution in [0, 0.1) is 0 Å². The van der Waals surface area contributed by atoms with Gasteiger partial charge >= 0.3 is 0 Å². The molecule has 0 radical (unpaired) electrons. The zero-order chi connectivity index (χ0) is 18.7. The first-order valence-electron chi connectivity index (χ1n) is 9.17. The standard InChI is InChI=1S/C19H27N3O3S/c1-4-21(5-2)26(23,24)22-15-14-20-13-7-8-18(20)19(22)16-9-11-17(12-10-16)25-6-3/h7-13,19H,4-6,14-15H2,1-3H3. The molecule has 1 unspecified atom stereocenters. The maximum Gasteiger partial charge on any atom is 0.282 e. The first kappa shape index (κ1) is 18.9. The number of hydrogen-bond donors (Lipinski definition) is 0. The smallest absolute Gasteiger partial charge is 0.282 e. The number of nitrogens with zero attached hydrogens (tertiary/aromatic N) is 3. The van der Waals surface area contributed by atoms with E-state index < -0.39 is 10.2 Å². The second-order valence-electron chi connectivity index (χ2n) is 6.23. The summed E-state index contributed by atoms with van der Waals surface area (Å²) < 4.78 is 37.3. The Morgan fingerprint density at radius 1 is 1.08 bits per heavy atom. The molecule has 2 aromatic rings. The lowest BCUT2D eigenvalue weighted by atomic mass is 10.0. The predicted octanol–water partition coefficient (Wildman–Crippen LogP) is 2.88. The van der Waals surface area contributed by atoms with Gasteiger partial charge in [-0.1, -0.05) is 26.0 Å². The van der Waals surface area contributed by atoms with Crippen LogP contribution < -0.4 is 4.74 Å². The van der Waals surface area contributed by atoms with Crippen LogP contribution in [0.15, 0.2) is 42.6 Å². The SMILES string of the molecule is CCOc1ccc(C2c3cccn3CCN2S(=O)(=O)N(CC)CC)cc1. The van der Waals surface area contributed by atoms with Gasteiger partial charge in [0, 0.05) is 38.1 Å². The number of fused-ring (bicyclic) bond motifs is 1.